The summed E-state index contributed by atoms with van der Waals surface area (Å²) in [5.41, 5.74) is 40.6. The fraction of sp³-hybridized carbons (Fsp3) is 0.587. The fourth-order valence-corrected chi connectivity index (χ4v) is 11.5. The molecule has 95 heavy (non-hydrogen) atoms. The van der Waals surface area contributed by atoms with Crippen molar-refractivity contribution in [1.82, 2.24) is 52.3 Å². The van der Waals surface area contributed by atoms with Crippen LogP contribution in [0.4, 0.5) is 0 Å². The van der Waals surface area contributed by atoms with Gasteiger partial charge in [-0.15, -0.1) is 0 Å². The molecule has 2 fully saturated rings. The van der Waals surface area contributed by atoms with E-state index in [2.05, 4.69) is 47.5 Å². The molecule has 31 nitrogen and oxygen atoms in total. The van der Waals surface area contributed by atoms with E-state index in [0.29, 0.717) is 55.4 Å². The van der Waals surface area contributed by atoms with Crippen LogP contribution in [0, 0.1) is 5.92 Å². The minimum atomic E-state index is -1.64. The minimum Gasteiger partial charge on any atom is -0.370 e. The molecular formula is C63H98N18O13S. The van der Waals surface area contributed by atoms with Crippen molar-refractivity contribution in [3.8, 4) is 0 Å². The van der Waals surface area contributed by atoms with E-state index >= 15 is 0 Å². The van der Waals surface area contributed by atoms with Gasteiger partial charge in [0.05, 0.1) is 12.6 Å². The average Bonchev–Trinajstić information content (AvgIpc) is 1.74. The Morgan fingerprint density at radius 2 is 1.01 bits per heavy atom. The monoisotopic (exact) mass is 1350 g/mol. The predicted octanol–water partition coefficient (Wildman–Crippen LogP) is -3.71. The number of guanidine groups is 1. The van der Waals surface area contributed by atoms with Gasteiger partial charge in [-0.25, -0.2) is 0 Å². The Labute approximate surface area is 558 Å². The SMILES string of the molecule is CSCC[C@H](NC(=O)[C@H](CC(C)C)NC(=O)CNC(=O)[C@H](Cc1ccccc1)NC(=O)[C@H](Cc1ccccc1)NC(=O)[C@@H](CCC(N)=O)NC(=O)[C@@H](CCC(N)=O)NC(=O)[C@H]1CCCN1C(=O)[C@H](CCCCN)NC(=O)[C@@H]1CCCN1C(=O)[C@@H](N)CCCN=C(N)N)C(N)=O. The second-order valence-electron chi connectivity index (χ2n) is 24.1. The lowest BCUT2D eigenvalue weighted by atomic mass is 10.0. The van der Waals surface area contributed by atoms with E-state index in [4.69, 9.17) is 40.1 Å². The fourth-order valence-electron chi connectivity index (χ4n) is 11.0. The Morgan fingerprint density at radius 3 is 1.51 bits per heavy atom. The quantitative estimate of drug-likeness (QED) is 0.0173. The first-order chi connectivity index (χ1) is 45.2. The van der Waals surface area contributed by atoms with Gasteiger partial charge < -0.3 is 92.5 Å². The van der Waals surface area contributed by atoms with Crippen LogP contribution in [0.15, 0.2) is 65.7 Å². The summed E-state index contributed by atoms with van der Waals surface area (Å²) in [7, 11) is 0. The number of thioether (sulfide) groups is 1. The van der Waals surface area contributed by atoms with Crippen molar-refractivity contribution in [3.05, 3.63) is 71.8 Å². The molecule has 0 spiro atoms. The highest BCUT2D eigenvalue weighted by molar-refractivity contribution is 7.98. The van der Waals surface area contributed by atoms with Crippen molar-refractivity contribution in [2.24, 2.45) is 51.0 Å². The number of carbonyl (C=O) groups is 13. The first-order valence-electron chi connectivity index (χ1n) is 32.2. The van der Waals surface area contributed by atoms with Crippen LogP contribution in [0.3, 0.4) is 0 Å². The highest BCUT2D eigenvalue weighted by Crippen LogP contribution is 2.24. The molecule has 2 heterocycles. The molecule has 2 saturated heterocycles. The summed E-state index contributed by atoms with van der Waals surface area (Å²) >= 11 is 1.45. The maximum atomic E-state index is 14.7. The Kier molecular flexibility index (Phi) is 33.9. The Bertz CT molecular complexity index is 2960. The van der Waals surface area contributed by atoms with Gasteiger partial charge in [-0.05, 0) is 119 Å². The average molecular weight is 1350 g/mol. The van der Waals surface area contributed by atoms with Gasteiger partial charge in [0.1, 0.15) is 54.4 Å². The topological polar surface area (TPSA) is 519 Å². The number of hydrogen-bond acceptors (Lipinski definition) is 17. The molecule has 13 amide bonds. The number of unbranched alkanes of at least 4 members (excludes halogenated alkanes) is 1. The lowest BCUT2D eigenvalue weighted by Crippen LogP contribution is -2.60. The van der Waals surface area contributed by atoms with Crippen molar-refractivity contribution < 1.29 is 62.3 Å². The number of carbonyl (C=O) groups excluding carboxylic acids is 13. The van der Waals surface area contributed by atoms with Crippen LogP contribution in [0.5, 0.6) is 0 Å². The standard InChI is InChI=1S/C63H98N18O13S/c1-37(2)33-45(57(89)74-41(53(68)85)27-32-95-3)73-52(84)36-72-54(86)46(34-38-15-6-4-7-16-38)78-58(90)47(35-39-17-8-5-9-18-39)79-56(88)42(23-25-50(66)82)75-55(87)43(24-26-51(67)83)76-59(91)49-22-14-31-81(49)62(94)44(20-10-11-28-64)77-60(92)48-21-13-30-80(48)61(93)40(65)19-12-29-71-63(69)70/h4-9,15-18,37,40-49H,10-14,19-36,64-65H2,1-3H3,(H2,66,82)(H2,67,83)(H2,68,85)(H,72,86)(H,73,84)(H,74,89)(H,75,87)(H,76,91)(H,77,92)(H,78,90)(H,79,88)(H4,69,70,71)/t40-,41-,42+,43+,44-,45-,46-,47-,48-,49+/m0/s1. The van der Waals surface area contributed by atoms with Crippen LogP contribution in [0.1, 0.15) is 121 Å². The smallest absolute Gasteiger partial charge is 0.245 e. The summed E-state index contributed by atoms with van der Waals surface area (Å²) in [6.45, 7) is 3.86. The van der Waals surface area contributed by atoms with Crippen LogP contribution in [-0.4, -0.2) is 198 Å². The summed E-state index contributed by atoms with van der Waals surface area (Å²) in [5.74, 6) is -9.80. The molecular weight excluding hydrogens is 1250 g/mol. The summed E-state index contributed by atoms with van der Waals surface area (Å²) in [6.07, 6.45) is 3.12. The van der Waals surface area contributed by atoms with Crippen LogP contribution < -0.4 is 82.7 Å². The number of benzene rings is 2. The molecule has 32 heteroatoms. The second-order valence-corrected chi connectivity index (χ2v) is 25.1. The van der Waals surface area contributed by atoms with Crippen molar-refractivity contribution in [2.75, 3.05) is 44.7 Å². The molecule has 22 N–H and O–H groups in total. The molecule has 10 atom stereocenters. The molecule has 0 aliphatic carbocycles. The van der Waals surface area contributed by atoms with E-state index in [1.54, 1.807) is 60.7 Å². The molecule has 2 aromatic carbocycles. The zero-order valence-corrected chi connectivity index (χ0v) is 55.3. The molecule has 2 aromatic rings. The first-order valence-corrected chi connectivity index (χ1v) is 33.6. The van der Waals surface area contributed by atoms with E-state index in [-0.39, 0.29) is 83.0 Å². The van der Waals surface area contributed by atoms with E-state index < -0.39 is 169 Å². The molecule has 0 bridgehead atoms. The zero-order chi connectivity index (χ0) is 70.1. The van der Waals surface area contributed by atoms with Gasteiger partial charge in [0.2, 0.25) is 76.8 Å². The predicted molar refractivity (Wildman–Crippen MR) is 356 cm³/mol. The molecule has 2 aliphatic heterocycles. The van der Waals surface area contributed by atoms with Crippen molar-refractivity contribution in [3.63, 3.8) is 0 Å². The van der Waals surface area contributed by atoms with Crippen molar-refractivity contribution in [2.45, 2.75) is 183 Å². The third kappa shape index (κ3) is 27.5. The highest BCUT2D eigenvalue weighted by Gasteiger charge is 2.42. The van der Waals surface area contributed by atoms with Crippen LogP contribution >= 0.6 is 11.8 Å². The summed E-state index contributed by atoms with van der Waals surface area (Å²) in [5, 5.41) is 21.1. The summed E-state index contributed by atoms with van der Waals surface area (Å²) in [4.78, 5) is 185. The number of nitrogens with zero attached hydrogens (tertiary/aromatic N) is 3. The van der Waals surface area contributed by atoms with Gasteiger partial charge in [-0.3, -0.25) is 67.3 Å². The van der Waals surface area contributed by atoms with Gasteiger partial charge >= 0.3 is 0 Å². The van der Waals surface area contributed by atoms with E-state index in [9.17, 15) is 62.3 Å². The summed E-state index contributed by atoms with van der Waals surface area (Å²) < 4.78 is 0. The van der Waals surface area contributed by atoms with E-state index in [1.807, 2.05) is 20.1 Å². The Hall–Kier alpha value is -8.91. The first kappa shape index (κ1) is 78.5. The van der Waals surface area contributed by atoms with Crippen molar-refractivity contribution in [1.29, 1.82) is 0 Å². The second kappa shape index (κ2) is 41.0. The third-order valence-electron chi connectivity index (χ3n) is 16.0. The van der Waals surface area contributed by atoms with Gasteiger partial charge in [-0.2, -0.15) is 11.8 Å². The Morgan fingerprint density at radius 1 is 0.537 bits per heavy atom. The maximum absolute atomic E-state index is 14.7. The number of amides is 13. The molecule has 524 valence electrons. The minimum absolute atomic E-state index is 0.0736. The van der Waals surface area contributed by atoms with Gasteiger partial charge in [0.25, 0.3) is 0 Å². The van der Waals surface area contributed by atoms with Crippen molar-refractivity contribution >= 4 is 94.5 Å². The van der Waals surface area contributed by atoms with Crippen LogP contribution in [0.25, 0.3) is 0 Å². The molecule has 0 saturated carbocycles. The molecule has 0 radical (unpaired) electrons. The summed E-state index contributed by atoms with van der Waals surface area (Å²) in [6, 6.07) is 4.51. The van der Waals surface area contributed by atoms with E-state index in [1.165, 1.54) is 21.6 Å². The lowest BCUT2D eigenvalue weighted by molar-refractivity contribution is -0.144. The van der Waals surface area contributed by atoms with Gasteiger partial charge in [-0.1, -0.05) is 74.5 Å². The number of nitrogens with one attached hydrogen (secondary N) is 8. The number of nitrogens with two attached hydrogens (primary N) is 7. The van der Waals surface area contributed by atoms with Crippen LogP contribution in [-0.2, 0) is 75.2 Å². The number of primary amides is 3. The van der Waals surface area contributed by atoms with E-state index in [0.717, 1.165) is 0 Å². The molecule has 4 rings (SSSR count). The maximum Gasteiger partial charge on any atom is 0.245 e. The van der Waals surface area contributed by atoms with Crippen LogP contribution in [0.2, 0.25) is 0 Å². The number of aliphatic imine (C=N–C) groups is 1. The number of likely N-dealkylation sites (tertiary alicyclic amines) is 2. The zero-order valence-electron chi connectivity index (χ0n) is 54.5. The lowest BCUT2D eigenvalue weighted by Gasteiger charge is -2.32. The number of hydrogen-bond donors (Lipinski definition) is 15. The number of rotatable bonds is 42. The normalized spacial score (nSPS) is 16.8. The third-order valence-corrected chi connectivity index (χ3v) is 16.7. The highest BCUT2D eigenvalue weighted by atomic mass is 32.2. The molecule has 2 aliphatic rings. The Balaban J connectivity index is 1.56. The van der Waals surface area contributed by atoms with Gasteiger partial charge in [0, 0.05) is 45.3 Å². The molecule has 0 aromatic heterocycles. The largest absolute Gasteiger partial charge is 0.370 e. The molecule has 0 unspecified atom stereocenters. The van der Waals surface area contributed by atoms with Gasteiger partial charge in [0.15, 0.2) is 5.96 Å².